The standard InChI is InChI=1S/C28H29N3O3S/c1-18(26(32)29-16-20-10-4-3-5-11-20)30-27(35)19(2)31-28(33)34-17-25-23-14-8-6-12-21(23)22-13-7-9-15-24(22)25/h3-15,18-19,25H,16-17H2,1-2H3,(H,29,32)(H,30,35)(H,31,33)/t18-,19-/m0/s1. The number of carbonyl (C=O) groups excluding carboxylic acids is 2. The molecule has 0 aromatic heterocycles. The first-order chi connectivity index (χ1) is 16.9. The molecule has 0 saturated heterocycles. The van der Waals surface area contributed by atoms with Gasteiger partial charge in [0.15, 0.2) is 0 Å². The Labute approximate surface area is 211 Å². The van der Waals surface area contributed by atoms with Crippen molar-refractivity contribution in [3.05, 3.63) is 95.6 Å². The maximum atomic E-state index is 12.5. The molecule has 4 rings (SSSR count). The molecule has 3 aromatic rings. The van der Waals surface area contributed by atoms with Crippen LogP contribution in [-0.4, -0.2) is 35.7 Å². The zero-order valence-corrected chi connectivity index (χ0v) is 20.6. The second-order valence-electron chi connectivity index (χ2n) is 8.63. The second kappa shape index (κ2) is 11.1. The number of ether oxygens (including phenoxy) is 1. The van der Waals surface area contributed by atoms with E-state index in [1.807, 2.05) is 54.6 Å². The topological polar surface area (TPSA) is 79.5 Å². The van der Waals surface area contributed by atoms with Crippen molar-refractivity contribution in [2.24, 2.45) is 0 Å². The van der Waals surface area contributed by atoms with Crippen LogP contribution in [0.2, 0.25) is 0 Å². The molecule has 180 valence electrons. The Bertz CT molecular complexity index is 1170. The van der Waals surface area contributed by atoms with Gasteiger partial charge in [-0.15, -0.1) is 0 Å². The fourth-order valence-corrected chi connectivity index (χ4v) is 4.46. The molecule has 0 aliphatic heterocycles. The molecule has 0 heterocycles. The first-order valence-corrected chi connectivity index (χ1v) is 12.1. The van der Waals surface area contributed by atoms with E-state index in [9.17, 15) is 9.59 Å². The van der Waals surface area contributed by atoms with Crippen LogP contribution in [0.3, 0.4) is 0 Å². The number of fused-ring (bicyclic) bond motifs is 3. The van der Waals surface area contributed by atoms with Gasteiger partial charge in [0.2, 0.25) is 5.91 Å². The van der Waals surface area contributed by atoms with Crippen molar-refractivity contribution in [1.29, 1.82) is 0 Å². The second-order valence-corrected chi connectivity index (χ2v) is 9.07. The minimum atomic E-state index is -0.551. The van der Waals surface area contributed by atoms with Crippen LogP contribution in [0.25, 0.3) is 11.1 Å². The van der Waals surface area contributed by atoms with Crippen molar-refractivity contribution in [3.8, 4) is 11.1 Å². The SMILES string of the molecule is C[C@H](NC(=S)[C@H](C)NC(=O)OCC1c2ccccc2-c2ccccc21)C(=O)NCc1ccccc1. The van der Waals surface area contributed by atoms with Gasteiger partial charge in [0.25, 0.3) is 0 Å². The van der Waals surface area contributed by atoms with E-state index in [0.29, 0.717) is 11.5 Å². The number of hydrogen-bond acceptors (Lipinski definition) is 4. The Morgan fingerprint density at radius 3 is 2.03 bits per heavy atom. The average molecular weight is 488 g/mol. The fraction of sp³-hybridized carbons (Fsp3) is 0.250. The van der Waals surface area contributed by atoms with Gasteiger partial charge in [-0.05, 0) is 41.7 Å². The van der Waals surface area contributed by atoms with E-state index in [-0.39, 0.29) is 18.4 Å². The van der Waals surface area contributed by atoms with Crippen molar-refractivity contribution in [3.63, 3.8) is 0 Å². The lowest BCUT2D eigenvalue weighted by molar-refractivity contribution is -0.122. The van der Waals surface area contributed by atoms with Gasteiger partial charge >= 0.3 is 6.09 Å². The van der Waals surface area contributed by atoms with E-state index in [4.69, 9.17) is 17.0 Å². The third kappa shape index (κ3) is 5.87. The number of rotatable bonds is 8. The highest BCUT2D eigenvalue weighted by atomic mass is 32.1. The molecule has 1 aliphatic rings. The zero-order valence-electron chi connectivity index (χ0n) is 19.8. The summed E-state index contributed by atoms with van der Waals surface area (Å²) in [5, 5.41) is 8.63. The lowest BCUT2D eigenvalue weighted by Gasteiger charge is -2.21. The Balaban J connectivity index is 1.25. The summed E-state index contributed by atoms with van der Waals surface area (Å²) in [4.78, 5) is 25.3. The molecule has 0 unspecified atom stereocenters. The van der Waals surface area contributed by atoms with Gasteiger partial charge in [0.05, 0.1) is 11.0 Å². The van der Waals surface area contributed by atoms with Crippen LogP contribution in [-0.2, 0) is 16.1 Å². The molecule has 0 spiro atoms. The summed E-state index contributed by atoms with van der Waals surface area (Å²) in [5.74, 6) is -0.189. The predicted molar refractivity (Wildman–Crippen MR) is 141 cm³/mol. The van der Waals surface area contributed by atoms with Crippen LogP contribution in [0.1, 0.15) is 36.5 Å². The summed E-state index contributed by atoms with van der Waals surface area (Å²) in [6, 6.07) is 25.0. The summed E-state index contributed by atoms with van der Waals surface area (Å²) in [6.45, 7) is 4.15. The van der Waals surface area contributed by atoms with E-state index >= 15 is 0 Å². The van der Waals surface area contributed by atoms with Gasteiger partial charge < -0.3 is 20.7 Å². The number of amides is 2. The Kier molecular flexibility index (Phi) is 7.77. The number of hydrogen-bond donors (Lipinski definition) is 3. The molecule has 3 N–H and O–H groups in total. The van der Waals surface area contributed by atoms with Crippen molar-refractivity contribution in [1.82, 2.24) is 16.0 Å². The van der Waals surface area contributed by atoms with Crippen LogP contribution in [0, 0.1) is 0 Å². The van der Waals surface area contributed by atoms with E-state index in [2.05, 4.69) is 40.2 Å². The first-order valence-electron chi connectivity index (χ1n) is 11.7. The highest BCUT2D eigenvalue weighted by Gasteiger charge is 2.29. The quantitative estimate of drug-likeness (QED) is 0.407. The normalized spacial score (nSPS) is 13.7. The predicted octanol–water partition coefficient (Wildman–Crippen LogP) is 4.54. The smallest absolute Gasteiger partial charge is 0.407 e. The van der Waals surface area contributed by atoms with E-state index < -0.39 is 18.2 Å². The van der Waals surface area contributed by atoms with Gasteiger partial charge in [0.1, 0.15) is 12.6 Å². The summed E-state index contributed by atoms with van der Waals surface area (Å²) in [5.41, 5.74) is 5.68. The summed E-state index contributed by atoms with van der Waals surface area (Å²) >= 11 is 5.40. The number of alkyl carbamates (subject to hydrolysis) is 1. The molecule has 2 amide bonds. The fourth-order valence-electron chi connectivity index (χ4n) is 4.22. The average Bonchev–Trinajstić information content (AvgIpc) is 3.20. The van der Waals surface area contributed by atoms with Crippen molar-refractivity contribution >= 4 is 29.2 Å². The van der Waals surface area contributed by atoms with Gasteiger partial charge in [-0.1, -0.05) is 91.1 Å². The monoisotopic (exact) mass is 487 g/mol. The molecule has 0 fully saturated rings. The Morgan fingerprint density at radius 1 is 0.829 bits per heavy atom. The van der Waals surface area contributed by atoms with E-state index in [0.717, 1.165) is 16.7 Å². The molecule has 0 bridgehead atoms. The van der Waals surface area contributed by atoms with Gasteiger partial charge in [0, 0.05) is 12.5 Å². The molecular formula is C28H29N3O3S. The molecular weight excluding hydrogens is 458 g/mol. The highest BCUT2D eigenvalue weighted by Crippen LogP contribution is 2.44. The van der Waals surface area contributed by atoms with Gasteiger partial charge in [-0.3, -0.25) is 4.79 Å². The summed E-state index contributed by atoms with van der Waals surface area (Å²) in [7, 11) is 0. The summed E-state index contributed by atoms with van der Waals surface area (Å²) in [6.07, 6.45) is -0.551. The molecule has 3 aromatic carbocycles. The Morgan fingerprint density at radius 2 is 1.40 bits per heavy atom. The molecule has 35 heavy (non-hydrogen) atoms. The van der Waals surface area contributed by atoms with Gasteiger partial charge in [-0.2, -0.15) is 0 Å². The Hall–Kier alpha value is -3.71. The molecule has 2 atom stereocenters. The number of benzene rings is 3. The minimum absolute atomic E-state index is 0.0122. The number of carbonyl (C=O) groups is 2. The van der Waals surface area contributed by atoms with Crippen LogP contribution in [0.5, 0.6) is 0 Å². The first kappa shape index (κ1) is 24.4. The summed E-state index contributed by atoms with van der Waals surface area (Å²) < 4.78 is 5.58. The number of thiocarbonyl (C=S) groups is 1. The maximum Gasteiger partial charge on any atom is 0.407 e. The van der Waals surface area contributed by atoms with E-state index in [1.54, 1.807) is 13.8 Å². The van der Waals surface area contributed by atoms with Crippen molar-refractivity contribution < 1.29 is 14.3 Å². The molecule has 1 aliphatic carbocycles. The third-order valence-electron chi connectivity index (χ3n) is 6.13. The van der Waals surface area contributed by atoms with Crippen molar-refractivity contribution in [2.45, 2.75) is 38.4 Å². The van der Waals surface area contributed by atoms with Crippen LogP contribution in [0.4, 0.5) is 4.79 Å². The molecule has 6 nitrogen and oxygen atoms in total. The largest absolute Gasteiger partial charge is 0.449 e. The van der Waals surface area contributed by atoms with Crippen LogP contribution >= 0.6 is 12.2 Å². The van der Waals surface area contributed by atoms with Crippen molar-refractivity contribution in [2.75, 3.05) is 6.61 Å². The maximum absolute atomic E-state index is 12.5. The van der Waals surface area contributed by atoms with Gasteiger partial charge in [-0.25, -0.2) is 4.79 Å². The third-order valence-corrected chi connectivity index (χ3v) is 6.60. The van der Waals surface area contributed by atoms with E-state index in [1.165, 1.54) is 11.1 Å². The molecule has 0 saturated carbocycles. The van der Waals surface area contributed by atoms with Crippen LogP contribution in [0.15, 0.2) is 78.9 Å². The lowest BCUT2D eigenvalue weighted by Crippen LogP contribution is -2.50. The van der Waals surface area contributed by atoms with Crippen LogP contribution < -0.4 is 16.0 Å². The minimum Gasteiger partial charge on any atom is -0.449 e. The number of nitrogens with one attached hydrogen (secondary N) is 3. The highest BCUT2D eigenvalue weighted by molar-refractivity contribution is 7.80. The molecule has 7 heteroatoms. The zero-order chi connectivity index (χ0) is 24.8. The lowest BCUT2D eigenvalue weighted by atomic mass is 9.98. The molecule has 0 radical (unpaired) electrons.